The van der Waals surface area contributed by atoms with Gasteiger partial charge in [-0.2, -0.15) is 0 Å². The second-order valence-corrected chi connectivity index (χ2v) is 4.81. The standard InChI is InChI=1S/C11H20N2OS/c1-4-9(14-5-2)11(13-12)10-7-6-8(3)15-10/h6-7,9,11,13H,4-5,12H2,1-3H3. The quantitative estimate of drug-likeness (QED) is 0.580. The van der Waals surface area contributed by atoms with E-state index in [2.05, 4.69) is 31.4 Å². The van der Waals surface area contributed by atoms with E-state index in [-0.39, 0.29) is 12.1 Å². The fraction of sp³-hybridized carbons (Fsp3) is 0.636. The van der Waals surface area contributed by atoms with E-state index < -0.39 is 0 Å². The van der Waals surface area contributed by atoms with E-state index in [0.717, 1.165) is 13.0 Å². The summed E-state index contributed by atoms with van der Waals surface area (Å²) in [6.45, 7) is 6.95. The molecule has 1 aromatic heterocycles. The Hall–Kier alpha value is -0.420. The first kappa shape index (κ1) is 12.6. The summed E-state index contributed by atoms with van der Waals surface area (Å²) in [4.78, 5) is 2.55. The van der Waals surface area contributed by atoms with Gasteiger partial charge in [0.25, 0.3) is 0 Å². The lowest BCUT2D eigenvalue weighted by molar-refractivity contribution is 0.0323. The first-order valence-electron chi connectivity index (χ1n) is 5.37. The minimum Gasteiger partial charge on any atom is -0.376 e. The third kappa shape index (κ3) is 3.28. The van der Waals surface area contributed by atoms with Crippen LogP contribution in [0.2, 0.25) is 0 Å². The summed E-state index contributed by atoms with van der Waals surface area (Å²) >= 11 is 1.77. The van der Waals surface area contributed by atoms with Crippen molar-refractivity contribution in [2.75, 3.05) is 6.61 Å². The first-order chi connectivity index (χ1) is 7.22. The molecule has 3 N–H and O–H groups in total. The number of nitrogens with one attached hydrogen (secondary N) is 1. The molecular formula is C11H20N2OS. The molecule has 0 aliphatic rings. The zero-order valence-corrected chi connectivity index (χ0v) is 10.4. The molecule has 2 atom stereocenters. The molecule has 0 aliphatic carbocycles. The molecule has 4 heteroatoms. The highest BCUT2D eigenvalue weighted by molar-refractivity contribution is 7.12. The van der Waals surface area contributed by atoms with Gasteiger partial charge in [0.1, 0.15) is 0 Å². The number of nitrogens with two attached hydrogens (primary N) is 1. The predicted molar refractivity (Wildman–Crippen MR) is 64.8 cm³/mol. The molecule has 0 aromatic carbocycles. The highest BCUT2D eigenvalue weighted by Gasteiger charge is 2.22. The molecule has 2 unspecified atom stereocenters. The molecule has 86 valence electrons. The van der Waals surface area contributed by atoms with Gasteiger partial charge < -0.3 is 4.74 Å². The van der Waals surface area contributed by atoms with Crippen LogP contribution in [0.3, 0.4) is 0 Å². The van der Waals surface area contributed by atoms with Gasteiger partial charge in [-0.15, -0.1) is 11.3 Å². The maximum absolute atomic E-state index is 5.67. The Kier molecular flexibility index (Phi) is 5.25. The summed E-state index contributed by atoms with van der Waals surface area (Å²) in [5.74, 6) is 5.60. The average molecular weight is 228 g/mol. The van der Waals surface area contributed by atoms with Crippen LogP contribution in [0.5, 0.6) is 0 Å². The third-order valence-corrected chi connectivity index (χ3v) is 3.49. The van der Waals surface area contributed by atoms with Crippen LogP contribution < -0.4 is 11.3 Å². The lowest BCUT2D eigenvalue weighted by atomic mass is 10.1. The molecule has 0 saturated heterocycles. The first-order valence-corrected chi connectivity index (χ1v) is 6.18. The summed E-state index contributed by atoms with van der Waals surface area (Å²) in [6, 6.07) is 4.34. The fourth-order valence-corrected chi connectivity index (χ4v) is 2.65. The summed E-state index contributed by atoms with van der Waals surface area (Å²) in [5, 5.41) is 0. The lowest BCUT2D eigenvalue weighted by Crippen LogP contribution is -2.37. The Morgan fingerprint density at radius 2 is 2.20 bits per heavy atom. The van der Waals surface area contributed by atoms with Crippen LogP contribution in [0.15, 0.2) is 12.1 Å². The molecule has 3 nitrogen and oxygen atoms in total. The normalized spacial score (nSPS) is 15.2. The van der Waals surface area contributed by atoms with Crippen LogP contribution >= 0.6 is 11.3 Å². The molecule has 1 rings (SSSR count). The lowest BCUT2D eigenvalue weighted by Gasteiger charge is -2.24. The van der Waals surface area contributed by atoms with Crippen molar-refractivity contribution in [3.63, 3.8) is 0 Å². The Morgan fingerprint density at radius 1 is 1.47 bits per heavy atom. The van der Waals surface area contributed by atoms with Gasteiger partial charge in [0.15, 0.2) is 0 Å². The zero-order valence-electron chi connectivity index (χ0n) is 9.62. The highest BCUT2D eigenvalue weighted by atomic mass is 32.1. The second kappa shape index (κ2) is 6.23. The van der Waals surface area contributed by atoms with Crippen molar-refractivity contribution in [3.05, 3.63) is 21.9 Å². The fourth-order valence-electron chi connectivity index (χ4n) is 1.66. The van der Waals surface area contributed by atoms with Crippen molar-refractivity contribution in [2.45, 2.75) is 39.3 Å². The minimum atomic E-state index is 0.105. The number of hydrogen-bond acceptors (Lipinski definition) is 4. The average Bonchev–Trinajstić information content (AvgIpc) is 2.64. The second-order valence-electron chi connectivity index (χ2n) is 3.49. The van der Waals surface area contributed by atoms with Gasteiger partial charge in [0, 0.05) is 16.4 Å². The Bertz CT molecular complexity index is 288. The molecule has 0 bridgehead atoms. The summed E-state index contributed by atoms with van der Waals surface area (Å²) in [6.07, 6.45) is 1.11. The van der Waals surface area contributed by atoms with Crippen LogP contribution in [-0.4, -0.2) is 12.7 Å². The maximum atomic E-state index is 5.67. The van der Waals surface area contributed by atoms with Crippen molar-refractivity contribution in [1.29, 1.82) is 0 Å². The van der Waals surface area contributed by atoms with E-state index in [9.17, 15) is 0 Å². The molecular weight excluding hydrogens is 208 g/mol. The highest BCUT2D eigenvalue weighted by Crippen LogP contribution is 2.27. The number of aryl methyl sites for hydroxylation is 1. The van der Waals surface area contributed by atoms with Crippen molar-refractivity contribution in [2.24, 2.45) is 5.84 Å². The van der Waals surface area contributed by atoms with E-state index in [1.165, 1.54) is 9.75 Å². The van der Waals surface area contributed by atoms with Gasteiger partial charge >= 0.3 is 0 Å². The van der Waals surface area contributed by atoms with Gasteiger partial charge in [0.05, 0.1) is 12.1 Å². The van der Waals surface area contributed by atoms with E-state index >= 15 is 0 Å². The van der Waals surface area contributed by atoms with Crippen molar-refractivity contribution in [1.82, 2.24) is 5.43 Å². The summed E-state index contributed by atoms with van der Waals surface area (Å²) < 4.78 is 5.67. The predicted octanol–water partition coefficient (Wildman–Crippen LogP) is 2.38. The van der Waals surface area contributed by atoms with E-state index in [1.54, 1.807) is 11.3 Å². The molecule has 15 heavy (non-hydrogen) atoms. The molecule has 1 heterocycles. The number of ether oxygens (including phenoxy) is 1. The SMILES string of the molecule is CCOC(CC)C(NN)c1ccc(C)s1. The number of rotatable bonds is 6. The number of hydrogen-bond donors (Lipinski definition) is 2. The zero-order chi connectivity index (χ0) is 11.3. The smallest absolute Gasteiger partial charge is 0.0814 e. The topological polar surface area (TPSA) is 47.3 Å². The van der Waals surface area contributed by atoms with Crippen LogP contribution in [-0.2, 0) is 4.74 Å². The minimum absolute atomic E-state index is 0.105. The molecule has 0 amide bonds. The third-order valence-electron chi connectivity index (χ3n) is 2.40. The van der Waals surface area contributed by atoms with E-state index in [4.69, 9.17) is 10.6 Å². The van der Waals surface area contributed by atoms with Crippen molar-refractivity contribution in [3.8, 4) is 0 Å². The Morgan fingerprint density at radius 3 is 2.60 bits per heavy atom. The molecule has 0 radical (unpaired) electrons. The Labute approximate surface area is 95.6 Å². The van der Waals surface area contributed by atoms with Crippen LogP contribution in [0.1, 0.15) is 36.1 Å². The van der Waals surface area contributed by atoms with Crippen LogP contribution in [0.4, 0.5) is 0 Å². The van der Waals surface area contributed by atoms with Gasteiger partial charge in [-0.1, -0.05) is 6.92 Å². The number of hydrazine groups is 1. The molecule has 0 spiro atoms. The van der Waals surface area contributed by atoms with E-state index in [1.807, 2.05) is 6.92 Å². The van der Waals surface area contributed by atoms with Crippen LogP contribution in [0.25, 0.3) is 0 Å². The van der Waals surface area contributed by atoms with E-state index in [0.29, 0.717) is 0 Å². The monoisotopic (exact) mass is 228 g/mol. The van der Waals surface area contributed by atoms with Gasteiger partial charge in [-0.25, -0.2) is 5.43 Å². The number of thiophene rings is 1. The largest absolute Gasteiger partial charge is 0.376 e. The van der Waals surface area contributed by atoms with Crippen molar-refractivity contribution < 1.29 is 4.74 Å². The molecule has 0 aliphatic heterocycles. The van der Waals surface area contributed by atoms with Crippen molar-refractivity contribution >= 4 is 11.3 Å². The summed E-state index contributed by atoms with van der Waals surface area (Å²) in [5.41, 5.74) is 2.85. The van der Waals surface area contributed by atoms with Gasteiger partial charge in [-0.3, -0.25) is 5.84 Å². The van der Waals surface area contributed by atoms with Gasteiger partial charge in [-0.05, 0) is 32.4 Å². The Balaban J connectivity index is 2.76. The maximum Gasteiger partial charge on any atom is 0.0814 e. The molecule has 0 fully saturated rings. The van der Waals surface area contributed by atoms with Gasteiger partial charge in [0.2, 0.25) is 0 Å². The summed E-state index contributed by atoms with van der Waals surface area (Å²) in [7, 11) is 0. The van der Waals surface area contributed by atoms with Crippen LogP contribution in [0, 0.1) is 6.92 Å². The molecule has 1 aromatic rings. The molecule has 0 saturated carbocycles.